The first-order valence-corrected chi connectivity index (χ1v) is 6.65. The van der Waals surface area contributed by atoms with Gasteiger partial charge in [-0.15, -0.1) is 0 Å². The van der Waals surface area contributed by atoms with Crippen LogP contribution in [0.5, 0.6) is 0 Å². The van der Waals surface area contributed by atoms with Crippen molar-refractivity contribution in [2.45, 2.75) is 31.3 Å². The lowest BCUT2D eigenvalue weighted by Crippen LogP contribution is -2.48. The molecule has 1 aromatic carbocycles. The van der Waals surface area contributed by atoms with E-state index in [1.807, 2.05) is 35.9 Å². The van der Waals surface area contributed by atoms with E-state index in [1.54, 1.807) is 7.11 Å². The molecule has 0 unspecified atom stereocenters. The molecular formula is C15H18N2O2. The predicted octanol–water partition coefficient (Wildman–Crippen LogP) is 2.25. The molecule has 19 heavy (non-hydrogen) atoms. The summed E-state index contributed by atoms with van der Waals surface area (Å²) >= 11 is 0. The first kappa shape index (κ1) is 12.4. The van der Waals surface area contributed by atoms with E-state index in [2.05, 4.69) is 4.98 Å². The van der Waals surface area contributed by atoms with Crippen molar-refractivity contribution in [2.75, 3.05) is 7.11 Å². The van der Waals surface area contributed by atoms with Gasteiger partial charge in [-0.2, -0.15) is 0 Å². The molecule has 1 heterocycles. The van der Waals surface area contributed by atoms with Crippen LogP contribution in [0.4, 0.5) is 0 Å². The van der Waals surface area contributed by atoms with Gasteiger partial charge in [-0.3, -0.25) is 4.79 Å². The Morgan fingerprint density at radius 3 is 2.74 bits per heavy atom. The molecule has 3 rings (SSSR count). The van der Waals surface area contributed by atoms with Crippen molar-refractivity contribution in [3.8, 4) is 0 Å². The number of carbonyl (C=O) groups is 1. The van der Waals surface area contributed by atoms with E-state index < -0.39 is 5.60 Å². The van der Waals surface area contributed by atoms with Crippen molar-refractivity contribution in [2.24, 2.45) is 7.05 Å². The third-order valence-electron chi connectivity index (χ3n) is 4.26. The highest BCUT2D eigenvalue weighted by Crippen LogP contribution is 2.36. The summed E-state index contributed by atoms with van der Waals surface area (Å²) in [5.74, 6) is 0.967. The van der Waals surface area contributed by atoms with Crippen LogP contribution in [0.3, 0.4) is 0 Å². The summed E-state index contributed by atoms with van der Waals surface area (Å²) in [6.45, 7) is 0. The fourth-order valence-corrected chi connectivity index (χ4v) is 2.75. The molecule has 4 heteroatoms. The molecule has 0 amide bonds. The van der Waals surface area contributed by atoms with Crippen molar-refractivity contribution < 1.29 is 9.53 Å². The average Bonchev–Trinajstić information content (AvgIpc) is 2.66. The lowest BCUT2D eigenvalue weighted by Gasteiger charge is -2.38. The van der Waals surface area contributed by atoms with E-state index in [9.17, 15) is 4.79 Å². The van der Waals surface area contributed by atoms with Gasteiger partial charge in [0, 0.05) is 14.2 Å². The second-order valence-corrected chi connectivity index (χ2v) is 5.23. The zero-order valence-electron chi connectivity index (χ0n) is 11.3. The van der Waals surface area contributed by atoms with Crippen LogP contribution in [0.1, 0.15) is 25.1 Å². The van der Waals surface area contributed by atoms with Gasteiger partial charge in [0.2, 0.25) is 0 Å². The van der Waals surface area contributed by atoms with Gasteiger partial charge < -0.3 is 9.30 Å². The average molecular weight is 258 g/mol. The minimum absolute atomic E-state index is 0.152. The molecule has 0 spiro atoms. The van der Waals surface area contributed by atoms with Gasteiger partial charge in [0.05, 0.1) is 17.5 Å². The lowest BCUT2D eigenvalue weighted by atomic mass is 9.76. The van der Waals surface area contributed by atoms with E-state index in [-0.39, 0.29) is 5.78 Å². The summed E-state index contributed by atoms with van der Waals surface area (Å²) in [6, 6.07) is 7.94. The molecule has 0 atom stereocenters. The Morgan fingerprint density at radius 2 is 2.16 bits per heavy atom. The van der Waals surface area contributed by atoms with Crippen molar-refractivity contribution in [3.63, 3.8) is 0 Å². The summed E-state index contributed by atoms with van der Waals surface area (Å²) < 4.78 is 7.43. The molecule has 1 saturated carbocycles. The fraction of sp³-hybridized carbons (Fsp3) is 0.467. The molecule has 4 nitrogen and oxygen atoms in total. The number of hydrogen-bond donors (Lipinski definition) is 0. The number of methoxy groups -OCH3 is 1. The summed E-state index contributed by atoms with van der Waals surface area (Å²) in [5.41, 5.74) is 1.45. The number of benzene rings is 1. The summed E-state index contributed by atoms with van der Waals surface area (Å²) in [4.78, 5) is 16.9. The van der Waals surface area contributed by atoms with Gasteiger partial charge >= 0.3 is 0 Å². The Bertz CT molecular complexity index is 621. The topological polar surface area (TPSA) is 44.1 Å². The molecule has 1 aromatic heterocycles. The highest BCUT2D eigenvalue weighted by molar-refractivity contribution is 5.90. The van der Waals surface area contributed by atoms with Crippen molar-refractivity contribution in [3.05, 3.63) is 30.1 Å². The molecule has 0 radical (unpaired) electrons. The lowest BCUT2D eigenvalue weighted by molar-refractivity contribution is -0.151. The van der Waals surface area contributed by atoms with Gasteiger partial charge in [-0.05, 0) is 31.4 Å². The molecule has 2 aromatic rings. The molecule has 1 fully saturated rings. The molecule has 0 aliphatic heterocycles. The van der Waals surface area contributed by atoms with Gasteiger partial charge in [-0.25, -0.2) is 4.98 Å². The molecule has 100 valence electrons. The molecule has 0 bridgehead atoms. The number of aromatic nitrogens is 2. The smallest absolute Gasteiger partial charge is 0.172 e. The number of carbonyl (C=O) groups excluding carboxylic acids is 1. The van der Waals surface area contributed by atoms with E-state index in [0.29, 0.717) is 6.42 Å². The number of ketones is 1. The quantitative estimate of drug-likeness (QED) is 0.845. The zero-order chi connectivity index (χ0) is 13.5. The zero-order valence-corrected chi connectivity index (χ0v) is 11.3. The number of rotatable bonds is 4. The van der Waals surface area contributed by atoms with Gasteiger partial charge in [-0.1, -0.05) is 12.1 Å². The number of imidazole rings is 1. The van der Waals surface area contributed by atoms with Crippen LogP contribution < -0.4 is 0 Å². The number of nitrogens with zero attached hydrogens (tertiary/aromatic N) is 2. The van der Waals surface area contributed by atoms with Crippen LogP contribution in [-0.4, -0.2) is 28.0 Å². The van der Waals surface area contributed by atoms with Crippen LogP contribution in [0, 0.1) is 0 Å². The van der Waals surface area contributed by atoms with Gasteiger partial charge in [0.25, 0.3) is 0 Å². The minimum Gasteiger partial charge on any atom is -0.370 e. The SMILES string of the molecule is COC1(C(=O)Cc2nc3ccccc3n2C)CCC1. The number of para-hydroxylation sites is 2. The van der Waals surface area contributed by atoms with Crippen LogP contribution in [0.15, 0.2) is 24.3 Å². The van der Waals surface area contributed by atoms with E-state index in [4.69, 9.17) is 4.74 Å². The Kier molecular flexibility index (Phi) is 2.90. The van der Waals surface area contributed by atoms with Crippen LogP contribution in [0.25, 0.3) is 11.0 Å². The van der Waals surface area contributed by atoms with Crippen LogP contribution in [-0.2, 0) is 23.0 Å². The number of hydrogen-bond acceptors (Lipinski definition) is 3. The highest BCUT2D eigenvalue weighted by Gasteiger charge is 2.44. The van der Waals surface area contributed by atoms with Crippen molar-refractivity contribution >= 4 is 16.8 Å². The van der Waals surface area contributed by atoms with Crippen molar-refractivity contribution in [1.29, 1.82) is 0 Å². The molecule has 1 aliphatic carbocycles. The summed E-state index contributed by atoms with van der Waals surface area (Å²) in [6.07, 6.45) is 3.10. The molecule has 0 saturated heterocycles. The van der Waals surface area contributed by atoms with Crippen LogP contribution >= 0.6 is 0 Å². The number of Topliss-reactive ketones (excluding diaryl/α,β-unsaturated/α-hetero) is 1. The van der Waals surface area contributed by atoms with Crippen LogP contribution in [0.2, 0.25) is 0 Å². The van der Waals surface area contributed by atoms with Gasteiger partial charge in [0.1, 0.15) is 11.4 Å². The Hall–Kier alpha value is -1.68. The van der Waals surface area contributed by atoms with E-state index >= 15 is 0 Å². The summed E-state index contributed by atoms with van der Waals surface area (Å²) in [5, 5.41) is 0. The van der Waals surface area contributed by atoms with Gasteiger partial charge in [0.15, 0.2) is 5.78 Å². The Morgan fingerprint density at radius 1 is 1.42 bits per heavy atom. The first-order chi connectivity index (χ1) is 9.16. The highest BCUT2D eigenvalue weighted by atomic mass is 16.5. The van der Waals surface area contributed by atoms with Crippen molar-refractivity contribution in [1.82, 2.24) is 9.55 Å². The second-order valence-electron chi connectivity index (χ2n) is 5.23. The third kappa shape index (κ3) is 1.87. The minimum atomic E-state index is -0.544. The molecular weight excluding hydrogens is 240 g/mol. The standard InChI is InChI=1S/C15H18N2O2/c1-17-12-7-4-3-6-11(12)16-14(17)10-13(18)15(19-2)8-5-9-15/h3-4,6-7H,5,8-10H2,1-2H3. The second kappa shape index (κ2) is 4.46. The normalized spacial score (nSPS) is 17.4. The first-order valence-electron chi connectivity index (χ1n) is 6.65. The Balaban J connectivity index is 1.89. The molecule has 0 N–H and O–H groups in total. The number of fused-ring (bicyclic) bond motifs is 1. The predicted molar refractivity (Wildman–Crippen MR) is 73.0 cm³/mol. The maximum atomic E-state index is 12.4. The maximum absolute atomic E-state index is 12.4. The van der Waals surface area contributed by atoms with E-state index in [0.717, 1.165) is 36.1 Å². The van der Waals surface area contributed by atoms with E-state index in [1.165, 1.54) is 0 Å². The fourth-order valence-electron chi connectivity index (χ4n) is 2.75. The largest absolute Gasteiger partial charge is 0.370 e. The number of aryl methyl sites for hydroxylation is 1. The maximum Gasteiger partial charge on any atom is 0.172 e. The monoisotopic (exact) mass is 258 g/mol. The third-order valence-corrected chi connectivity index (χ3v) is 4.26. The Labute approximate surface area is 112 Å². The summed E-state index contributed by atoms with van der Waals surface area (Å²) in [7, 11) is 3.59. The molecule has 1 aliphatic rings. The number of ether oxygens (including phenoxy) is 1.